The Balaban J connectivity index is 1.79. The van der Waals surface area contributed by atoms with E-state index in [0.717, 1.165) is 24.4 Å². The Hall–Kier alpha value is -1.16. The zero-order chi connectivity index (χ0) is 13.0. The highest BCUT2D eigenvalue weighted by Crippen LogP contribution is 2.17. The van der Waals surface area contributed by atoms with Gasteiger partial charge in [0.25, 0.3) is 0 Å². The molecule has 1 aliphatic rings. The van der Waals surface area contributed by atoms with Gasteiger partial charge >= 0.3 is 0 Å². The lowest BCUT2D eigenvalue weighted by Gasteiger charge is -2.30. The van der Waals surface area contributed by atoms with Gasteiger partial charge in [-0.1, -0.05) is 13.0 Å². The summed E-state index contributed by atoms with van der Waals surface area (Å²) in [6.45, 7) is 3.89. The molecule has 0 aliphatic carbocycles. The number of amides is 1. The van der Waals surface area contributed by atoms with Gasteiger partial charge in [0.1, 0.15) is 0 Å². The van der Waals surface area contributed by atoms with Crippen LogP contribution in [-0.2, 0) is 4.79 Å². The van der Waals surface area contributed by atoms with Crippen LogP contribution in [0, 0.1) is 5.92 Å². The first kappa shape index (κ1) is 13.3. The van der Waals surface area contributed by atoms with Gasteiger partial charge in [-0.2, -0.15) is 0 Å². The number of Topliss-reactive ketones (excluding diaryl/α,β-unsaturated/α-hetero) is 1. The van der Waals surface area contributed by atoms with Crippen molar-refractivity contribution in [3.05, 3.63) is 22.4 Å². The minimum atomic E-state index is 0.0865. The molecular weight excluding hydrogens is 246 g/mol. The summed E-state index contributed by atoms with van der Waals surface area (Å²) >= 11 is 1.44. The van der Waals surface area contributed by atoms with E-state index >= 15 is 0 Å². The fraction of sp³-hybridized carbons (Fsp3) is 0.571. The molecule has 2 rings (SSSR count). The molecule has 0 N–H and O–H groups in total. The minimum Gasteiger partial charge on any atom is -0.342 e. The van der Waals surface area contributed by atoms with Crippen LogP contribution in [0.4, 0.5) is 0 Å². The van der Waals surface area contributed by atoms with Crippen molar-refractivity contribution in [3.63, 3.8) is 0 Å². The third-order valence-corrected chi connectivity index (χ3v) is 4.28. The fourth-order valence-electron chi connectivity index (χ4n) is 2.35. The Bertz CT molecular complexity index is 413. The molecule has 3 nitrogen and oxygen atoms in total. The molecule has 98 valence electrons. The molecule has 0 aromatic carbocycles. The monoisotopic (exact) mass is 265 g/mol. The standard InChI is InChI=1S/C14H19NO2S/c1-11-4-2-8-15(10-11)14(17)7-6-12(16)13-5-3-9-18-13/h3,5,9,11H,2,4,6-8,10H2,1H3. The van der Waals surface area contributed by atoms with Crippen molar-refractivity contribution in [1.29, 1.82) is 0 Å². The van der Waals surface area contributed by atoms with Crippen molar-refractivity contribution in [3.8, 4) is 0 Å². The number of likely N-dealkylation sites (tertiary alicyclic amines) is 1. The lowest BCUT2D eigenvalue weighted by Crippen LogP contribution is -2.39. The van der Waals surface area contributed by atoms with E-state index in [2.05, 4.69) is 6.92 Å². The van der Waals surface area contributed by atoms with Crippen LogP contribution in [0.3, 0.4) is 0 Å². The third kappa shape index (κ3) is 3.42. The molecule has 2 heterocycles. The SMILES string of the molecule is CC1CCCN(C(=O)CCC(=O)c2cccs2)C1. The van der Waals surface area contributed by atoms with Crippen LogP contribution in [0.15, 0.2) is 17.5 Å². The number of nitrogens with zero attached hydrogens (tertiary/aromatic N) is 1. The molecule has 1 aromatic rings. The maximum Gasteiger partial charge on any atom is 0.223 e. The molecule has 18 heavy (non-hydrogen) atoms. The van der Waals surface area contributed by atoms with Gasteiger partial charge in [0.05, 0.1) is 4.88 Å². The van der Waals surface area contributed by atoms with Gasteiger partial charge in [-0.05, 0) is 30.2 Å². The van der Waals surface area contributed by atoms with Crippen molar-refractivity contribution in [2.45, 2.75) is 32.6 Å². The van der Waals surface area contributed by atoms with Crippen molar-refractivity contribution in [2.24, 2.45) is 5.92 Å². The van der Waals surface area contributed by atoms with E-state index in [1.807, 2.05) is 22.4 Å². The van der Waals surface area contributed by atoms with Crippen molar-refractivity contribution >= 4 is 23.0 Å². The molecule has 1 aliphatic heterocycles. The molecule has 1 aromatic heterocycles. The summed E-state index contributed by atoms with van der Waals surface area (Å²) in [6.07, 6.45) is 2.98. The number of ketones is 1. The minimum absolute atomic E-state index is 0.0865. The van der Waals surface area contributed by atoms with Crippen LogP contribution in [0.2, 0.25) is 0 Å². The Labute approximate surface area is 112 Å². The first-order chi connectivity index (χ1) is 8.66. The highest BCUT2D eigenvalue weighted by Gasteiger charge is 2.21. The molecule has 1 unspecified atom stereocenters. The third-order valence-electron chi connectivity index (χ3n) is 3.37. The van der Waals surface area contributed by atoms with E-state index in [-0.39, 0.29) is 11.7 Å². The van der Waals surface area contributed by atoms with Gasteiger partial charge in [-0.15, -0.1) is 11.3 Å². The molecule has 4 heteroatoms. The molecular formula is C14H19NO2S. The average molecular weight is 265 g/mol. The van der Waals surface area contributed by atoms with Crippen LogP contribution in [0.1, 0.15) is 42.3 Å². The Kier molecular flexibility index (Phi) is 4.53. The number of rotatable bonds is 4. The van der Waals surface area contributed by atoms with Crippen molar-refractivity contribution in [2.75, 3.05) is 13.1 Å². The van der Waals surface area contributed by atoms with Gasteiger partial charge in [0.15, 0.2) is 5.78 Å². The molecule has 1 fully saturated rings. The molecule has 0 radical (unpaired) electrons. The maximum atomic E-state index is 12.0. The van der Waals surface area contributed by atoms with Crippen LogP contribution in [-0.4, -0.2) is 29.7 Å². The van der Waals surface area contributed by atoms with E-state index in [4.69, 9.17) is 0 Å². The summed E-state index contributed by atoms with van der Waals surface area (Å²) in [5.74, 6) is 0.811. The topological polar surface area (TPSA) is 37.4 Å². The van der Waals surface area contributed by atoms with Gasteiger partial charge in [0.2, 0.25) is 5.91 Å². The summed E-state index contributed by atoms with van der Waals surface area (Å²) in [5, 5.41) is 1.89. The second kappa shape index (κ2) is 6.14. The van der Waals surface area contributed by atoms with E-state index in [0.29, 0.717) is 18.8 Å². The normalized spacial score (nSPS) is 19.8. The summed E-state index contributed by atoms with van der Waals surface area (Å²) in [5.41, 5.74) is 0. The predicted octanol–water partition coefficient (Wildman–Crippen LogP) is 2.97. The molecule has 0 bridgehead atoms. The van der Waals surface area contributed by atoms with Crippen molar-refractivity contribution in [1.82, 2.24) is 4.90 Å². The fourth-order valence-corrected chi connectivity index (χ4v) is 3.05. The summed E-state index contributed by atoms with van der Waals surface area (Å²) in [7, 11) is 0. The number of hydrogen-bond donors (Lipinski definition) is 0. The summed E-state index contributed by atoms with van der Waals surface area (Å²) in [6, 6.07) is 3.69. The van der Waals surface area contributed by atoms with Crippen LogP contribution >= 0.6 is 11.3 Å². The molecule has 1 saturated heterocycles. The lowest BCUT2D eigenvalue weighted by molar-refractivity contribution is -0.132. The van der Waals surface area contributed by atoms with E-state index in [1.165, 1.54) is 17.8 Å². The number of hydrogen-bond acceptors (Lipinski definition) is 3. The average Bonchev–Trinajstić information content (AvgIpc) is 2.89. The Morgan fingerprint density at radius 1 is 1.44 bits per heavy atom. The second-order valence-corrected chi connectivity index (χ2v) is 5.94. The highest BCUT2D eigenvalue weighted by molar-refractivity contribution is 7.12. The largest absolute Gasteiger partial charge is 0.342 e. The summed E-state index contributed by atoms with van der Waals surface area (Å²) < 4.78 is 0. The molecule has 0 saturated carbocycles. The quantitative estimate of drug-likeness (QED) is 0.785. The van der Waals surface area contributed by atoms with Crippen LogP contribution in [0.5, 0.6) is 0 Å². The highest BCUT2D eigenvalue weighted by atomic mass is 32.1. The molecule has 1 amide bonds. The van der Waals surface area contributed by atoms with Crippen LogP contribution < -0.4 is 0 Å². The number of piperidine rings is 1. The zero-order valence-electron chi connectivity index (χ0n) is 10.7. The lowest BCUT2D eigenvalue weighted by atomic mass is 10.00. The number of thiophene rings is 1. The smallest absolute Gasteiger partial charge is 0.223 e. The second-order valence-electron chi connectivity index (χ2n) is 4.99. The van der Waals surface area contributed by atoms with Crippen molar-refractivity contribution < 1.29 is 9.59 Å². The first-order valence-electron chi connectivity index (χ1n) is 6.51. The molecule has 1 atom stereocenters. The number of carbonyl (C=O) groups excluding carboxylic acids is 2. The Morgan fingerprint density at radius 3 is 2.94 bits per heavy atom. The van der Waals surface area contributed by atoms with Gasteiger partial charge in [0, 0.05) is 25.9 Å². The Morgan fingerprint density at radius 2 is 2.28 bits per heavy atom. The predicted molar refractivity (Wildman–Crippen MR) is 72.9 cm³/mol. The van der Waals surface area contributed by atoms with Gasteiger partial charge < -0.3 is 4.90 Å². The maximum absolute atomic E-state index is 12.0. The summed E-state index contributed by atoms with van der Waals surface area (Å²) in [4.78, 5) is 26.5. The number of carbonyl (C=O) groups is 2. The van der Waals surface area contributed by atoms with E-state index < -0.39 is 0 Å². The van der Waals surface area contributed by atoms with Gasteiger partial charge in [-0.3, -0.25) is 9.59 Å². The first-order valence-corrected chi connectivity index (χ1v) is 7.39. The van der Waals surface area contributed by atoms with E-state index in [1.54, 1.807) is 0 Å². The van der Waals surface area contributed by atoms with E-state index in [9.17, 15) is 9.59 Å². The molecule has 0 spiro atoms. The van der Waals surface area contributed by atoms with Gasteiger partial charge in [-0.25, -0.2) is 0 Å². The zero-order valence-corrected chi connectivity index (χ0v) is 11.5. The van der Waals surface area contributed by atoms with Crippen LogP contribution in [0.25, 0.3) is 0 Å².